The van der Waals surface area contributed by atoms with Gasteiger partial charge in [-0.05, 0) is 40.9 Å². The van der Waals surface area contributed by atoms with Crippen molar-refractivity contribution in [1.29, 1.82) is 0 Å². The molecular formula is C17H20BrN3O. The van der Waals surface area contributed by atoms with E-state index in [9.17, 15) is 4.79 Å². The summed E-state index contributed by atoms with van der Waals surface area (Å²) in [7, 11) is 2.06. The van der Waals surface area contributed by atoms with Crippen LogP contribution < -0.4 is 10.5 Å². The van der Waals surface area contributed by atoms with Crippen LogP contribution in [0.4, 0.5) is 5.69 Å². The molecule has 0 radical (unpaired) electrons. The first kappa shape index (κ1) is 15.3. The van der Waals surface area contributed by atoms with Gasteiger partial charge in [-0.3, -0.25) is 4.79 Å². The molecule has 0 unspecified atom stereocenters. The summed E-state index contributed by atoms with van der Waals surface area (Å²) in [6.07, 6.45) is 8.00. The molecule has 1 fully saturated rings. The van der Waals surface area contributed by atoms with Crippen molar-refractivity contribution in [1.82, 2.24) is 9.78 Å². The minimum Gasteiger partial charge on any atom is -0.369 e. The molecule has 1 aromatic carbocycles. The first-order valence-corrected chi connectivity index (χ1v) is 8.54. The lowest BCUT2D eigenvalue weighted by Gasteiger charge is -2.33. The number of aromatic nitrogens is 2. The predicted molar refractivity (Wildman–Crippen MR) is 92.8 cm³/mol. The van der Waals surface area contributed by atoms with Gasteiger partial charge in [0.2, 0.25) is 0 Å². The van der Waals surface area contributed by atoms with Crippen LogP contribution >= 0.6 is 15.9 Å². The zero-order valence-electron chi connectivity index (χ0n) is 12.7. The van der Waals surface area contributed by atoms with Gasteiger partial charge in [0.1, 0.15) is 4.47 Å². The molecule has 0 atom stereocenters. The number of halogens is 1. The smallest absolute Gasteiger partial charge is 0.287 e. The number of hydrogen-bond acceptors (Lipinski definition) is 3. The van der Waals surface area contributed by atoms with Crippen LogP contribution in [0.2, 0.25) is 0 Å². The number of anilines is 1. The van der Waals surface area contributed by atoms with E-state index in [-0.39, 0.29) is 5.56 Å². The lowest BCUT2D eigenvalue weighted by Crippen LogP contribution is -2.35. The highest BCUT2D eigenvalue weighted by Gasteiger charge is 2.22. The Labute approximate surface area is 138 Å². The van der Waals surface area contributed by atoms with Crippen molar-refractivity contribution < 1.29 is 0 Å². The largest absolute Gasteiger partial charge is 0.369 e. The maximum absolute atomic E-state index is 12.6. The molecule has 1 saturated carbocycles. The molecule has 0 amide bonds. The Balaban J connectivity index is 1.94. The second kappa shape index (κ2) is 6.65. The van der Waals surface area contributed by atoms with Crippen molar-refractivity contribution in [3.63, 3.8) is 0 Å². The van der Waals surface area contributed by atoms with Crippen LogP contribution in [-0.2, 0) is 0 Å². The summed E-state index contributed by atoms with van der Waals surface area (Å²) in [6.45, 7) is 0. The third-order valence-electron chi connectivity index (χ3n) is 4.40. The average molecular weight is 362 g/mol. The highest BCUT2D eigenvalue weighted by molar-refractivity contribution is 9.10. The third kappa shape index (κ3) is 2.95. The molecule has 2 aromatic rings. The summed E-state index contributed by atoms with van der Waals surface area (Å²) < 4.78 is 2.02. The average Bonchev–Trinajstić information content (AvgIpc) is 2.58. The fourth-order valence-electron chi connectivity index (χ4n) is 3.09. The lowest BCUT2D eigenvalue weighted by molar-refractivity contribution is 0.427. The molecular weight excluding hydrogens is 342 g/mol. The number of benzene rings is 1. The Morgan fingerprint density at radius 2 is 1.86 bits per heavy atom. The Morgan fingerprint density at radius 3 is 2.55 bits per heavy atom. The molecule has 4 nitrogen and oxygen atoms in total. The Morgan fingerprint density at radius 1 is 1.18 bits per heavy atom. The van der Waals surface area contributed by atoms with Crippen molar-refractivity contribution in [2.75, 3.05) is 11.9 Å². The van der Waals surface area contributed by atoms with Crippen LogP contribution in [0.15, 0.2) is 45.8 Å². The monoisotopic (exact) mass is 361 g/mol. The molecule has 1 aromatic heterocycles. The van der Waals surface area contributed by atoms with Crippen molar-refractivity contribution in [3.05, 3.63) is 51.4 Å². The summed E-state index contributed by atoms with van der Waals surface area (Å²) in [5, 5.41) is 4.36. The van der Waals surface area contributed by atoms with Crippen LogP contribution in [-0.4, -0.2) is 22.9 Å². The Hall–Kier alpha value is -1.62. The van der Waals surface area contributed by atoms with Gasteiger partial charge in [0, 0.05) is 13.1 Å². The van der Waals surface area contributed by atoms with Gasteiger partial charge >= 0.3 is 0 Å². The molecule has 1 heterocycles. The summed E-state index contributed by atoms with van der Waals surface area (Å²) in [4.78, 5) is 14.8. The van der Waals surface area contributed by atoms with E-state index < -0.39 is 0 Å². The van der Waals surface area contributed by atoms with E-state index in [4.69, 9.17) is 0 Å². The molecule has 3 rings (SSSR count). The molecule has 0 aliphatic heterocycles. The zero-order chi connectivity index (χ0) is 15.5. The SMILES string of the molecule is CN(c1cnn(-c2ccccc2)c(=O)c1Br)C1CCCCC1. The van der Waals surface area contributed by atoms with Gasteiger partial charge < -0.3 is 4.90 Å². The topological polar surface area (TPSA) is 38.1 Å². The summed E-state index contributed by atoms with van der Waals surface area (Å²) in [6, 6.07) is 9.99. The van der Waals surface area contributed by atoms with Crippen molar-refractivity contribution >= 4 is 21.6 Å². The van der Waals surface area contributed by atoms with Gasteiger partial charge in [0.15, 0.2) is 0 Å². The molecule has 116 valence electrons. The van der Waals surface area contributed by atoms with Gasteiger partial charge in [-0.1, -0.05) is 37.5 Å². The third-order valence-corrected chi connectivity index (χ3v) is 5.15. The fraction of sp³-hybridized carbons (Fsp3) is 0.412. The predicted octanol–water partition coefficient (Wildman–Crippen LogP) is 3.76. The van der Waals surface area contributed by atoms with Gasteiger partial charge in [-0.15, -0.1) is 0 Å². The normalized spacial score (nSPS) is 15.7. The van der Waals surface area contributed by atoms with E-state index in [1.165, 1.54) is 36.8 Å². The molecule has 22 heavy (non-hydrogen) atoms. The number of rotatable bonds is 3. The number of para-hydroxylation sites is 1. The van der Waals surface area contributed by atoms with E-state index in [1.807, 2.05) is 30.3 Å². The molecule has 1 aliphatic rings. The molecule has 0 saturated heterocycles. The summed E-state index contributed by atoms with van der Waals surface area (Å²) in [5.41, 5.74) is 1.54. The maximum atomic E-state index is 12.6. The number of nitrogens with zero attached hydrogens (tertiary/aromatic N) is 3. The van der Waals surface area contributed by atoms with Crippen LogP contribution in [0.5, 0.6) is 0 Å². The molecule has 5 heteroatoms. The van der Waals surface area contributed by atoms with Gasteiger partial charge in [0.25, 0.3) is 5.56 Å². The van der Waals surface area contributed by atoms with E-state index >= 15 is 0 Å². The fourth-order valence-corrected chi connectivity index (χ4v) is 3.64. The van der Waals surface area contributed by atoms with Gasteiger partial charge in [0.05, 0.1) is 17.6 Å². The first-order chi connectivity index (χ1) is 10.7. The number of hydrogen-bond donors (Lipinski definition) is 0. The van der Waals surface area contributed by atoms with E-state index in [0.29, 0.717) is 10.5 Å². The van der Waals surface area contributed by atoms with Crippen LogP contribution in [0.25, 0.3) is 5.69 Å². The lowest BCUT2D eigenvalue weighted by atomic mass is 9.94. The highest BCUT2D eigenvalue weighted by Crippen LogP contribution is 2.29. The molecule has 0 N–H and O–H groups in total. The maximum Gasteiger partial charge on any atom is 0.287 e. The molecule has 0 spiro atoms. The minimum atomic E-state index is -0.119. The van der Waals surface area contributed by atoms with Crippen molar-refractivity contribution in [3.8, 4) is 5.69 Å². The van der Waals surface area contributed by atoms with Crippen molar-refractivity contribution in [2.45, 2.75) is 38.1 Å². The summed E-state index contributed by atoms with van der Waals surface area (Å²) >= 11 is 3.48. The quantitative estimate of drug-likeness (QED) is 0.835. The standard InChI is InChI=1S/C17H20BrN3O/c1-20(13-8-4-2-5-9-13)15-12-19-21(17(22)16(15)18)14-10-6-3-7-11-14/h3,6-7,10-13H,2,4-5,8-9H2,1H3. The van der Waals surface area contributed by atoms with E-state index in [0.717, 1.165) is 11.4 Å². The van der Waals surface area contributed by atoms with Crippen LogP contribution in [0.3, 0.4) is 0 Å². The Bertz CT molecular complexity index is 693. The first-order valence-electron chi connectivity index (χ1n) is 7.74. The second-order valence-corrected chi connectivity index (χ2v) is 6.59. The van der Waals surface area contributed by atoms with Gasteiger partial charge in [-0.25, -0.2) is 0 Å². The van der Waals surface area contributed by atoms with E-state index in [1.54, 1.807) is 6.20 Å². The van der Waals surface area contributed by atoms with Gasteiger partial charge in [-0.2, -0.15) is 9.78 Å². The molecule has 1 aliphatic carbocycles. The second-order valence-electron chi connectivity index (χ2n) is 5.80. The van der Waals surface area contributed by atoms with Crippen LogP contribution in [0.1, 0.15) is 32.1 Å². The van der Waals surface area contributed by atoms with E-state index in [2.05, 4.69) is 33.0 Å². The van der Waals surface area contributed by atoms with Crippen LogP contribution in [0, 0.1) is 0 Å². The zero-order valence-corrected chi connectivity index (χ0v) is 14.3. The van der Waals surface area contributed by atoms with Crippen molar-refractivity contribution in [2.24, 2.45) is 0 Å². The molecule has 0 bridgehead atoms. The Kier molecular flexibility index (Phi) is 4.62. The summed E-state index contributed by atoms with van der Waals surface area (Å²) in [5.74, 6) is 0. The minimum absolute atomic E-state index is 0.119. The highest BCUT2D eigenvalue weighted by atomic mass is 79.9.